The fourth-order valence-corrected chi connectivity index (χ4v) is 10.5. The van der Waals surface area contributed by atoms with Crippen LogP contribution in [0.4, 0.5) is 0 Å². The van der Waals surface area contributed by atoms with Crippen LogP contribution in [0.15, 0.2) is 182 Å². The predicted octanol–water partition coefficient (Wildman–Crippen LogP) is 1.23. The van der Waals surface area contributed by atoms with E-state index in [1.165, 1.54) is 31.8 Å². The van der Waals surface area contributed by atoms with Crippen LogP contribution >= 0.6 is 14.1 Å². The summed E-state index contributed by atoms with van der Waals surface area (Å²) in [4.78, 5) is 0. The van der Waals surface area contributed by atoms with Crippen molar-refractivity contribution in [3.05, 3.63) is 182 Å². The third kappa shape index (κ3) is 9.02. The molecule has 4 N–H and O–H groups in total. The van der Waals surface area contributed by atoms with Gasteiger partial charge in [0.1, 0.15) is 0 Å². The molecule has 0 aromatic heterocycles. The third-order valence-corrected chi connectivity index (χ3v) is 13.7. The molecule has 0 amide bonds. The Balaban J connectivity index is 0.000000179. The van der Waals surface area contributed by atoms with Gasteiger partial charge in [-0.25, -0.2) is 0 Å². The van der Waals surface area contributed by atoms with Crippen molar-refractivity contribution in [2.24, 2.45) is 0 Å². The third-order valence-electron chi connectivity index (χ3n) is 6.98. The van der Waals surface area contributed by atoms with E-state index in [1.807, 2.05) is 36.4 Å². The first-order valence-electron chi connectivity index (χ1n) is 14.0. The molecule has 0 saturated carbocycles. The van der Waals surface area contributed by atoms with Gasteiger partial charge in [0.2, 0.25) is 0 Å². The van der Waals surface area contributed by atoms with E-state index in [-0.39, 0.29) is 0 Å². The van der Waals surface area contributed by atoms with Crippen LogP contribution in [0.25, 0.3) is 0 Å². The van der Waals surface area contributed by atoms with Crippen molar-refractivity contribution in [3.8, 4) is 0 Å². The first-order chi connectivity index (χ1) is 21.6. The second-order valence-corrected chi connectivity index (χ2v) is 18.8. The Bertz CT molecular complexity index is 1620. The van der Waals surface area contributed by atoms with Gasteiger partial charge < -0.3 is 0 Å². The molecular weight excluding hydrogens is 770 g/mol. The summed E-state index contributed by atoms with van der Waals surface area (Å²) in [5.41, 5.74) is 0. The molecule has 0 fully saturated rings. The Morgan fingerprint density at radius 3 is 0.556 bits per heavy atom. The van der Waals surface area contributed by atoms with Gasteiger partial charge in [0.25, 0.3) is 0 Å². The molecule has 0 aliphatic carbocycles. The maximum absolute atomic E-state index is 8.65. The number of hydrogen-bond acceptors (Lipinski definition) is 4. The van der Waals surface area contributed by atoms with Gasteiger partial charge >= 0.3 is 31.1 Å². The van der Waals surface area contributed by atoms with E-state index >= 15 is 0 Å². The van der Waals surface area contributed by atoms with E-state index in [4.69, 9.17) is 24.6 Å². The van der Waals surface area contributed by atoms with Crippen LogP contribution in [0.5, 0.6) is 0 Å². The molecule has 6 rings (SSSR count). The first-order valence-corrected chi connectivity index (χ1v) is 22.5. The quantitative estimate of drug-likeness (QED) is 0.246. The average Bonchev–Trinajstić information content (AvgIpc) is 3.09. The summed E-state index contributed by atoms with van der Waals surface area (Å²) in [6, 6.07) is 62.5. The monoisotopic (exact) mass is 804 g/mol. The molecule has 0 aliphatic heterocycles. The van der Waals surface area contributed by atoms with E-state index in [1.54, 1.807) is 0 Å². The molecule has 9 heteroatoms. The summed E-state index contributed by atoms with van der Waals surface area (Å²) in [6.45, 7) is 0. The molecule has 0 spiro atoms. The second-order valence-electron chi connectivity index (χ2n) is 9.87. The van der Waals surface area contributed by atoms with Crippen LogP contribution in [-0.4, -0.2) is 0 Å². The Hall–Kier alpha value is -4.01. The summed E-state index contributed by atoms with van der Waals surface area (Å²) >= 11 is -6.17. The van der Waals surface area contributed by atoms with Gasteiger partial charge in [-0.3, -0.25) is 10.3 Å². The van der Waals surface area contributed by atoms with Crippen LogP contribution in [0.3, 0.4) is 0 Å². The molecular formula is C36H34N2O4P2W. The zero-order valence-electron chi connectivity index (χ0n) is 24.4. The summed E-state index contributed by atoms with van der Waals surface area (Å²) in [6.07, 6.45) is 0. The van der Waals surface area contributed by atoms with Crippen molar-refractivity contribution in [1.82, 2.24) is 0 Å². The van der Waals surface area contributed by atoms with Crippen LogP contribution in [0.1, 0.15) is 0 Å². The molecule has 6 aromatic carbocycles. The van der Waals surface area contributed by atoms with Crippen molar-refractivity contribution in [3.63, 3.8) is 0 Å². The summed E-state index contributed by atoms with van der Waals surface area (Å²) in [7, 11) is -4.05. The van der Waals surface area contributed by atoms with Gasteiger partial charge in [0.15, 0.2) is 14.1 Å². The van der Waals surface area contributed by atoms with E-state index in [2.05, 4.69) is 146 Å². The fraction of sp³-hybridized carbons (Fsp3) is 0. The van der Waals surface area contributed by atoms with Crippen LogP contribution < -0.4 is 49.7 Å². The molecule has 0 bridgehead atoms. The van der Waals surface area contributed by atoms with Crippen LogP contribution in [0.2, 0.25) is 0 Å². The molecule has 6 aromatic rings. The number of nitrogens with two attached hydrogens (primary N) is 2. The molecule has 6 nitrogen and oxygen atoms in total. The Morgan fingerprint density at radius 1 is 0.333 bits per heavy atom. The minimum atomic E-state index is -6.17. The van der Waals surface area contributed by atoms with E-state index in [0.29, 0.717) is 0 Å². The van der Waals surface area contributed by atoms with Gasteiger partial charge in [-0.05, 0) is 72.8 Å². The van der Waals surface area contributed by atoms with Gasteiger partial charge in [-0.15, -0.1) is 0 Å². The molecule has 0 unspecified atom stereocenters. The van der Waals surface area contributed by atoms with Gasteiger partial charge in [-0.1, -0.05) is 109 Å². The number of hydrogen-bond donors (Lipinski definition) is 2. The SMILES string of the molecule is [NH2+]=P(c1ccccc1)(c1ccccc1)c1ccccc1.[NH2+]=P(c1ccccc1)(c1ccccc1)c1ccccc1.[O]=[W](=[O])([O-])[O-]. The molecule has 0 atom stereocenters. The van der Waals surface area contributed by atoms with E-state index < -0.39 is 30.9 Å². The fourth-order valence-electron chi connectivity index (χ4n) is 4.87. The van der Waals surface area contributed by atoms with E-state index in [0.717, 1.165) is 0 Å². The molecule has 0 saturated heterocycles. The standard InChI is InChI=1S/2C18H16NP.4O.W/c2*19-20(16-10-4-1-5-11-16,17-12-6-2-7-13-17)18-14-8-3-9-15-18;;;;;/h2*1-15,19H;;;;;/q;;;;2*-1;/p+2. The van der Waals surface area contributed by atoms with Crippen LogP contribution in [-0.2, 0) is 23.5 Å². The first kappa shape index (κ1) is 33.9. The Labute approximate surface area is 268 Å². The van der Waals surface area contributed by atoms with Crippen molar-refractivity contribution in [2.45, 2.75) is 0 Å². The van der Waals surface area contributed by atoms with Gasteiger partial charge in [0, 0.05) is 31.8 Å². The van der Waals surface area contributed by atoms with Crippen molar-refractivity contribution >= 4 is 45.9 Å². The summed E-state index contributed by atoms with van der Waals surface area (Å²) in [5, 5.41) is 21.2. The normalized spacial score (nSPS) is 11.2. The predicted molar refractivity (Wildman–Crippen MR) is 176 cm³/mol. The Morgan fingerprint density at radius 2 is 0.444 bits per heavy atom. The molecule has 0 aliphatic rings. The Kier molecular flexibility index (Phi) is 11.9. The zero-order chi connectivity index (χ0) is 32.2. The van der Waals surface area contributed by atoms with Gasteiger partial charge in [0.05, 0.1) is 0 Å². The topological polar surface area (TPSA) is 131 Å². The average molecular weight is 804 g/mol. The van der Waals surface area contributed by atoms with Crippen molar-refractivity contribution in [1.29, 1.82) is 0 Å². The number of benzene rings is 6. The summed E-state index contributed by atoms with van der Waals surface area (Å²) in [5.74, 6) is 0. The molecule has 0 radical (unpaired) electrons. The number of rotatable bonds is 6. The second kappa shape index (κ2) is 15.8. The van der Waals surface area contributed by atoms with Crippen molar-refractivity contribution in [2.75, 3.05) is 0 Å². The summed E-state index contributed by atoms with van der Waals surface area (Å²) < 4.78 is 34.6. The minimum absolute atomic E-state index is 1.21. The molecule has 228 valence electrons. The van der Waals surface area contributed by atoms with E-state index in [9.17, 15) is 0 Å². The zero-order valence-corrected chi connectivity index (χ0v) is 29.1. The van der Waals surface area contributed by atoms with Gasteiger partial charge in [-0.2, -0.15) is 0 Å². The molecule has 0 heterocycles. The van der Waals surface area contributed by atoms with Crippen LogP contribution in [0, 0.1) is 0 Å². The van der Waals surface area contributed by atoms with Crippen molar-refractivity contribution < 1.29 is 41.4 Å². The maximum atomic E-state index is 8.65. The molecule has 45 heavy (non-hydrogen) atoms.